The smallest absolute Gasteiger partial charge is 0.341 e. The Kier molecular flexibility index (Phi) is 6.59. The third kappa shape index (κ3) is 4.26. The molecule has 162 valence electrons. The van der Waals surface area contributed by atoms with Crippen LogP contribution in [0, 0.1) is 19.7 Å². The molecule has 30 heavy (non-hydrogen) atoms. The lowest BCUT2D eigenvalue weighted by Crippen LogP contribution is -2.43. The van der Waals surface area contributed by atoms with Gasteiger partial charge >= 0.3 is 5.97 Å². The van der Waals surface area contributed by atoms with Gasteiger partial charge in [0.25, 0.3) is 0 Å². The van der Waals surface area contributed by atoms with Gasteiger partial charge in [-0.25, -0.2) is 17.6 Å². The van der Waals surface area contributed by atoms with Crippen molar-refractivity contribution in [2.45, 2.75) is 44.6 Å². The van der Waals surface area contributed by atoms with E-state index < -0.39 is 33.8 Å². The number of aryl methyl sites for hydroxylation is 1. The zero-order chi connectivity index (χ0) is 22.1. The topological polar surface area (TPSA) is 92.8 Å². The van der Waals surface area contributed by atoms with E-state index in [9.17, 15) is 22.4 Å². The number of carbonyl (C=O) groups is 2. The molecule has 0 bridgehead atoms. The van der Waals surface area contributed by atoms with Crippen LogP contribution < -0.4 is 5.32 Å². The molecule has 1 unspecified atom stereocenters. The Bertz CT molecular complexity index is 1060. The number of amides is 1. The maximum Gasteiger partial charge on any atom is 0.341 e. The lowest BCUT2D eigenvalue weighted by atomic mass is 10.1. The molecule has 1 saturated heterocycles. The fourth-order valence-electron chi connectivity index (χ4n) is 3.39. The van der Waals surface area contributed by atoms with Crippen molar-refractivity contribution in [1.29, 1.82) is 0 Å². The number of benzene rings is 1. The number of sulfonamides is 1. The van der Waals surface area contributed by atoms with E-state index >= 15 is 0 Å². The van der Waals surface area contributed by atoms with Crippen molar-refractivity contribution in [3.63, 3.8) is 0 Å². The highest BCUT2D eigenvalue weighted by Crippen LogP contribution is 2.34. The molecule has 1 aromatic carbocycles. The van der Waals surface area contributed by atoms with Gasteiger partial charge < -0.3 is 10.1 Å². The van der Waals surface area contributed by atoms with Gasteiger partial charge in [0.1, 0.15) is 16.9 Å². The van der Waals surface area contributed by atoms with Gasteiger partial charge in [0, 0.05) is 11.4 Å². The average molecular weight is 455 g/mol. The van der Waals surface area contributed by atoms with Crippen molar-refractivity contribution < 1.29 is 27.1 Å². The molecular weight excluding hydrogens is 431 g/mol. The van der Waals surface area contributed by atoms with Crippen molar-refractivity contribution in [2.24, 2.45) is 0 Å². The lowest BCUT2D eigenvalue weighted by molar-refractivity contribution is -0.119. The number of ether oxygens (including phenoxy) is 1. The Hall–Kier alpha value is -2.30. The second-order valence-corrected chi connectivity index (χ2v) is 10.0. The van der Waals surface area contributed by atoms with E-state index in [0.29, 0.717) is 23.4 Å². The minimum atomic E-state index is -3.96. The van der Waals surface area contributed by atoms with Crippen LogP contribution >= 0.6 is 11.3 Å². The van der Waals surface area contributed by atoms with Gasteiger partial charge in [-0.3, -0.25) is 4.79 Å². The summed E-state index contributed by atoms with van der Waals surface area (Å²) < 4.78 is 45.4. The van der Waals surface area contributed by atoms with E-state index in [1.165, 1.54) is 23.5 Å². The van der Waals surface area contributed by atoms with Gasteiger partial charge in [-0.2, -0.15) is 4.31 Å². The van der Waals surface area contributed by atoms with Crippen LogP contribution in [0.15, 0.2) is 29.2 Å². The minimum Gasteiger partial charge on any atom is -0.462 e. The molecule has 1 fully saturated rings. The molecule has 0 spiro atoms. The first kappa shape index (κ1) is 22.4. The van der Waals surface area contributed by atoms with E-state index in [2.05, 4.69) is 5.32 Å². The number of carbonyl (C=O) groups excluding carboxylic acids is 2. The van der Waals surface area contributed by atoms with Crippen LogP contribution in [0.25, 0.3) is 0 Å². The first-order valence-electron chi connectivity index (χ1n) is 9.52. The van der Waals surface area contributed by atoms with Crippen molar-refractivity contribution in [2.75, 3.05) is 18.5 Å². The van der Waals surface area contributed by atoms with Gasteiger partial charge in [0.15, 0.2) is 0 Å². The Morgan fingerprint density at radius 2 is 1.93 bits per heavy atom. The van der Waals surface area contributed by atoms with Crippen LogP contribution in [-0.4, -0.2) is 43.8 Å². The summed E-state index contributed by atoms with van der Waals surface area (Å²) in [5.74, 6) is -1.58. The van der Waals surface area contributed by atoms with Crippen molar-refractivity contribution in [3.05, 3.63) is 46.1 Å². The number of nitrogens with one attached hydrogen (secondary N) is 1. The SMILES string of the molecule is CCOC(=O)c1c(NC(=O)C2CCCN2S(=O)(=O)c2ccc(F)cc2)sc(C)c1C. The summed E-state index contributed by atoms with van der Waals surface area (Å²) in [6.45, 7) is 5.69. The summed E-state index contributed by atoms with van der Waals surface area (Å²) in [6.07, 6.45) is 0.871. The largest absolute Gasteiger partial charge is 0.462 e. The maximum atomic E-state index is 13.2. The van der Waals surface area contributed by atoms with Crippen LogP contribution in [0.3, 0.4) is 0 Å². The molecule has 3 rings (SSSR count). The highest BCUT2D eigenvalue weighted by molar-refractivity contribution is 7.89. The summed E-state index contributed by atoms with van der Waals surface area (Å²) in [6, 6.07) is 3.59. The molecule has 0 aliphatic carbocycles. The highest BCUT2D eigenvalue weighted by Gasteiger charge is 2.40. The third-order valence-electron chi connectivity index (χ3n) is 5.03. The van der Waals surface area contributed by atoms with Crippen LogP contribution in [0.5, 0.6) is 0 Å². The number of thiophene rings is 1. The van der Waals surface area contributed by atoms with Gasteiger partial charge in [-0.15, -0.1) is 11.3 Å². The monoisotopic (exact) mass is 454 g/mol. The first-order chi connectivity index (χ1) is 14.2. The molecule has 1 atom stereocenters. The van der Waals surface area contributed by atoms with Gasteiger partial charge in [-0.1, -0.05) is 0 Å². The van der Waals surface area contributed by atoms with Gasteiger partial charge in [0.2, 0.25) is 15.9 Å². The number of hydrogen-bond acceptors (Lipinski definition) is 6. The zero-order valence-corrected chi connectivity index (χ0v) is 18.5. The molecule has 2 aromatic rings. The van der Waals surface area contributed by atoms with E-state index in [-0.39, 0.29) is 18.0 Å². The maximum absolute atomic E-state index is 13.2. The molecule has 7 nitrogen and oxygen atoms in total. The Morgan fingerprint density at radius 3 is 2.57 bits per heavy atom. The molecule has 0 saturated carbocycles. The normalized spacial score (nSPS) is 17.1. The second kappa shape index (κ2) is 8.83. The second-order valence-electron chi connectivity index (χ2n) is 6.92. The number of halogens is 1. The molecule has 2 heterocycles. The number of anilines is 1. The Labute approximate surface area is 178 Å². The summed E-state index contributed by atoms with van der Waals surface area (Å²) >= 11 is 1.25. The predicted octanol–water partition coefficient (Wildman–Crippen LogP) is 3.47. The molecule has 1 aliphatic heterocycles. The molecule has 1 N–H and O–H groups in total. The number of esters is 1. The average Bonchev–Trinajstić information content (AvgIpc) is 3.28. The zero-order valence-electron chi connectivity index (χ0n) is 16.9. The fraction of sp³-hybridized carbons (Fsp3) is 0.400. The summed E-state index contributed by atoms with van der Waals surface area (Å²) in [7, 11) is -3.96. The van der Waals surface area contributed by atoms with Crippen molar-refractivity contribution in [1.82, 2.24) is 4.31 Å². The van der Waals surface area contributed by atoms with E-state index in [4.69, 9.17) is 4.74 Å². The third-order valence-corrected chi connectivity index (χ3v) is 8.07. The molecule has 1 aliphatic rings. The summed E-state index contributed by atoms with van der Waals surface area (Å²) in [4.78, 5) is 26.1. The molecular formula is C20H23FN2O5S2. The number of nitrogens with zero attached hydrogens (tertiary/aromatic N) is 1. The van der Waals surface area contributed by atoms with E-state index in [0.717, 1.165) is 26.9 Å². The molecule has 0 radical (unpaired) electrons. The van der Waals surface area contributed by atoms with Gasteiger partial charge in [-0.05, 0) is 63.4 Å². The molecule has 1 aromatic heterocycles. The standard InChI is InChI=1S/C20H23FN2O5S2/c1-4-28-20(25)17-12(2)13(3)29-19(17)22-18(24)16-6-5-11-23(16)30(26,27)15-9-7-14(21)8-10-15/h7-10,16H,4-6,11H2,1-3H3,(H,22,24). The van der Waals surface area contributed by atoms with Crippen molar-refractivity contribution >= 4 is 38.2 Å². The number of hydrogen-bond donors (Lipinski definition) is 1. The molecule has 10 heteroatoms. The Morgan fingerprint density at radius 1 is 1.27 bits per heavy atom. The lowest BCUT2D eigenvalue weighted by Gasteiger charge is -2.23. The van der Waals surface area contributed by atoms with Crippen LogP contribution in [0.1, 0.15) is 40.6 Å². The van der Waals surface area contributed by atoms with Crippen LogP contribution in [0.2, 0.25) is 0 Å². The molecule has 1 amide bonds. The summed E-state index contributed by atoms with van der Waals surface area (Å²) in [5, 5.41) is 3.08. The van der Waals surface area contributed by atoms with Crippen LogP contribution in [-0.2, 0) is 19.6 Å². The van der Waals surface area contributed by atoms with E-state index in [1.807, 2.05) is 6.92 Å². The Balaban J connectivity index is 1.86. The fourth-order valence-corrected chi connectivity index (χ4v) is 6.10. The number of rotatable bonds is 6. The quantitative estimate of drug-likeness (QED) is 0.675. The van der Waals surface area contributed by atoms with E-state index in [1.54, 1.807) is 13.8 Å². The van der Waals surface area contributed by atoms with Crippen LogP contribution in [0.4, 0.5) is 9.39 Å². The minimum absolute atomic E-state index is 0.0707. The van der Waals surface area contributed by atoms with Gasteiger partial charge in [0.05, 0.1) is 17.1 Å². The van der Waals surface area contributed by atoms with Crippen molar-refractivity contribution in [3.8, 4) is 0 Å². The predicted molar refractivity (Wildman–Crippen MR) is 112 cm³/mol. The summed E-state index contributed by atoms with van der Waals surface area (Å²) in [5.41, 5.74) is 1.01. The highest BCUT2D eigenvalue weighted by atomic mass is 32.2. The first-order valence-corrected chi connectivity index (χ1v) is 11.8.